The van der Waals surface area contributed by atoms with Gasteiger partial charge in [-0.1, -0.05) is 41.4 Å². The Hall–Kier alpha value is -1.91. The average molecular weight is 368 g/mol. The fraction of sp³-hybridized carbons (Fsp3) is 0.278. The number of para-hydroxylation sites is 2. The molecule has 1 amide bonds. The maximum Gasteiger partial charge on any atom is 0.255 e. The molecule has 0 saturated carbocycles. The molecule has 24 heavy (non-hydrogen) atoms. The number of hydrogen-bond acceptors (Lipinski definition) is 3. The highest BCUT2D eigenvalue weighted by Crippen LogP contribution is 2.32. The molecule has 0 fully saturated rings. The summed E-state index contributed by atoms with van der Waals surface area (Å²) < 4.78 is 11.4. The Morgan fingerprint density at radius 2 is 1.58 bits per heavy atom. The summed E-state index contributed by atoms with van der Waals surface area (Å²) in [6.07, 6.45) is 0. The highest BCUT2D eigenvalue weighted by atomic mass is 35.5. The normalized spacial score (nSPS) is 10.3. The van der Waals surface area contributed by atoms with Crippen molar-refractivity contribution in [1.82, 2.24) is 5.32 Å². The molecule has 0 heterocycles. The molecule has 1 N–H and O–H groups in total. The van der Waals surface area contributed by atoms with E-state index in [1.807, 2.05) is 26.0 Å². The van der Waals surface area contributed by atoms with E-state index in [-0.39, 0.29) is 19.1 Å². The van der Waals surface area contributed by atoms with E-state index < -0.39 is 0 Å². The van der Waals surface area contributed by atoms with Crippen LogP contribution in [0.3, 0.4) is 0 Å². The fourth-order valence-corrected chi connectivity index (χ4v) is 2.69. The minimum Gasteiger partial charge on any atom is -0.489 e. The maximum absolute atomic E-state index is 12.1. The van der Waals surface area contributed by atoms with Crippen molar-refractivity contribution in [2.45, 2.75) is 13.8 Å². The third-order valence-electron chi connectivity index (χ3n) is 3.29. The first-order chi connectivity index (χ1) is 11.5. The number of aryl methyl sites for hydroxylation is 1. The van der Waals surface area contributed by atoms with Gasteiger partial charge in [0.25, 0.3) is 5.91 Å². The Bertz CT molecular complexity index is 699. The van der Waals surface area contributed by atoms with E-state index in [2.05, 4.69) is 5.32 Å². The Labute approximate surface area is 151 Å². The molecule has 2 aromatic rings. The van der Waals surface area contributed by atoms with E-state index in [0.29, 0.717) is 33.7 Å². The first kappa shape index (κ1) is 18.4. The van der Waals surface area contributed by atoms with Crippen molar-refractivity contribution in [2.24, 2.45) is 0 Å². The predicted octanol–water partition coefficient (Wildman–Crippen LogP) is 4.51. The van der Waals surface area contributed by atoms with Crippen molar-refractivity contribution in [2.75, 3.05) is 19.8 Å². The van der Waals surface area contributed by atoms with Crippen LogP contribution in [0.25, 0.3) is 0 Å². The second-order valence-electron chi connectivity index (χ2n) is 5.06. The minimum atomic E-state index is -0.161. The summed E-state index contributed by atoms with van der Waals surface area (Å²) >= 11 is 12.1. The molecule has 4 nitrogen and oxygen atoms in total. The molecule has 6 heteroatoms. The number of carbonyl (C=O) groups excluding carboxylic acids is 1. The lowest BCUT2D eigenvalue weighted by molar-refractivity contribution is 0.0950. The SMILES string of the molecule is CCNC(=O)c1cccc(C)c1OCCOc1c(Cl)cccc1Cl. The quantitative estimate of drug-likeness (QED) is 0.732. The van der Waals surface area contributed by atoms with E-state index >= 15 is 0 Å². The number of amides is 1. The summed E-state index contributed by atoms with van der Waals surface area (Å²) in [5.74, 6) is 0.821. The number of benzene rings is 2. The van der Waals surface area contributed by atoms with Crippen LogP contribution in [0.4, 0.5) is 0 Å². The van der Waals surface area contributed by atoms with E-state index in [4.69, 9.17) is 32.7 Å². The number of rotatable bonds is 7. The molecule has 0 aliphatic carbocycles. The van der Waals surface area contributed by atoms with Gasteiger partial charge in [0.2, 0.25) is 0 Å². The van der Waals surface area contributed by atoms with Gasteiger partial charge < -0.3 is 14.8 Å². The van der Waals surface area contributed by atoms with Crippen LogP contribution in [0, 0.1) is 6.92 Å². The molecule has 0 radical (unpaired) electrons. The standard InChI is InChI=1S/C18H19Cl2NO3/c1-3-21-18(22)13-7-4-6-12(2)16(13)23-10-11-24-17-14(19)8-5-9-15(17)20/h4-9H,3,10-11H2,1-2H3,(H,21,22). The van der Waals surface area contributed by atoms with Crippen LogP contribution >= 0.6 is 23.2 Å². The molecule has 0 aliphatic rings. The Morgan fingerprint density at radius 1 is 1.00 bits per heavy atom. The maximum atomic E-state index is 12.1. The predicted molar refractivity (Wildman–Crippen MR) is 96.6 cm³/mol. The van der Waals surface area contributed by atoms with Gasteiger partial charge in [-0.3, -0.25) is 4.79 Å². The van der Waals surface area contributed by atoms with Crippen molar-refractivity contribution in [1.29, 1.82) is 0 Å². The zero-order valence-corrected chi connectivity index (χ0v) is 15.1. The van der Waals surface area contributed by atoms with E-state index in [0.717, 1.165) is 5.56 Å². The second kappa shape index (κ2) is 8.81. The second-order valence-corrected chi connectivity index (χ2v) is 5.87. The number of nitrogens with one attached hydrogen (secondary N) is 1. The third-order valence-corrected chi connectivity index (χ3v) is 3.88. The van der Waals surface area contributed by atoms with Gasteiger partial charge in [0.05, 0.1) is 15.6 Å². The molecule has 0 saturated heterocycles. The van der Waals surface area contributed by atoms with Crippen LogP contribution in [-0.4, -0.2) is 25.7 Å². The summed E-state index contributed by atoms with van der Waals surface area (Å²) in [6, 6.07) is 10.6. The monoisotopic (exact) mass is 367 g/mol. The van der Waals surface area contributed by atoms with Crippen molar-refractivity contribution >= 4 is 29.1 Å². The van der Waals surface area contributed by atoms with E-state index in [1.54, 1.807) is 24.3 Å². The smallest absolute Gasteiger partial charge is 0.255 e. The molecule has 0 bridgehead atoms. The van der Waals surface area contributed by atoms with Gasteiger partial charge in [-0.2, -0.15) is 0 Å². The molecule has 2 aromatic carbocycles. The average Bonchev–Trinajstić information content (AvgIpc) is 2.55. The topological polar surface area (TPSA) is 47.6 Å². The first-order valence-electron chi connectivity index (χ1n) is 7.62. The molecule has 0 aliphatic heterocycles. The molecule has 0 atom stereocenters. The molecule has 2 rings (SSSR count). The zero-order chi connectivity index (χ0) is 17.5. The van der Waals surface area contributed by atoms with Gasteiger partial charge >= 0.3 is 0 Å². The lowest BCUT2D eigenvalue weighted by atomic mass is 10.1. The van der Waals surface area contributed by atoms with Gasteiger partial charge in [-0.05, 0) is 37.6 Å². The summed E-state index contributed by atoms with van der Waals surface area (Å²) in [6.45, 7) is 4.84. The lowest BCUT2D eigenvalue weighted by Crippen LogP contribution is -2.24. The van der Waals surface area contributed by atoms with Crippen LogP contribution < -0.4 is 14.8 Å². The van der Waals surface area contributed by atoms with Crippen molar-refractivity contribution in [3.05, 3.63) is 57.6 Å². The van der Waals surface area contributed by atoms with Crippen LogP contribution in [0.1, 0.15) is 22.8 Å². The molecule has 0 aromatic heterocycles. The Morgan fingerprint density at radius 3 is 2.21 bits per heavy atom. The lowest BCUT2D eigenvalue weighted by Gasteiger charge is -2.15. The minimum absolute atomic E-state index is 0.161. The summed E-state index contributed by atoms with van der Waals surface area (Å²) in [4.78, 5) is 12.1. The van der Waals surface area contributed by atoms with Gasteiger partial charge in [-0.15, -0.1) is 0 Å². The molecular weight excluding hydrogens is 349 g/mol. The molecule has 128 valence electrons. The van der Waals surface area contributed by atoms with Gasteiger partial charge in [0.15, 0.2) is 5.75 Å². The van der Waals surface area contributed by atoms with E-state index in [1.165, 1.54) is 0 Å². The van der Waals surface area contributed by atoms with Crippen LogP contribution in [0.5, 0.6) is 11.5 Å². The van der Waals surface area contributed by atoms with Crippen molar-refractivity contribution < 1.29 is 14.3 Å². The summed E-state index contributed by atoms with van der Waals surface area (Å²) in [7, 11) is 0. The third kappa shape index (κ3) is 4.56. The number of ether oxygens (including phenoxy) is 2. The van der Waals surface area contributed by atoms with Gasteiger partial charge in [0.1, 0.15) is 19.0 Å². The fourth-order valence-electron chi connectivity index (χ4n) is 2.19. The number of hydrogen-bond donors (Lipinski definition) is 1. The first-order valence-corrected chi connectivity index (χ1v) is 8.37. The van der Waals surface area contributed by atoms with Crippen LogP contribution in [0.15, 0.2) is 36.4 Å². The summed E-state index contributed by atoms with van der Waals surface area (Å²) in [5.41, 5.74) is 1.39. The van der Waals surface area contributed by atoms with E-state index in [9.17, 15) is 4.79 Å². The number of halogens is 2. The van der Waals surface area contributed by atoms with Crippen LogP contribution in [-0.2, 0) is 0 Å². The van der Waals surface area contributed by atoms with Gasteiger partial charge in [-0.25, -0.2) is 0 Å². The van der Waals surface area contributed by atoms with Crippen LogP contribution in [0.2, 0.25) is 10.0 Å². The Kier molecular flexibility index (Phi) is 6.76. The highest BCUT2D eigenvalue weighted by Gasteiger charge is 2.14. The van der Waals surface area contributed by atoms with Gasteiger partial charge in [0, 0.05) is 6.54 Å². The molecule has 0 spiro atoms. The highest BCUT2D eigenvalue weighted by molar-refractivity contribution is 6.37. The van der Waals surface area contributed by atoms with Crippen molar-refractivity contribution in [3.8, 4) is 11.5 Å². The molecule has 0 unspecified atom stereocenters. The molecular formula is C18H19Cl2NO3. The number of carbonyl (C=O) groups is 1. The summed E-state index contributed by atoms with van der Waals surface area (Å²) in [5, 5.41) is 3.67. The largest absolute Gasteiger partial charge is 0.489 e. The zero-order valence-electron chi connectivity index (χ0n) is 13.6. The Balaban J connectivity index is 2.01. The van der Waals surface area contributed by atoms with Crippen molar-refractivity contribution in [3.63, 3.8) is 0 Å².